The Balaban J connectivity index is 0.00000240. The lowest BCUT2D eigenvalue weighted by Gasteiger charge is -2.16. The molecule has 2 N–H and O–H groups in total. The van der Waals surface area contributed by atoms with Crippen LogP contribution in [-0.4, -0.2) is 42.1 Å². The van der Waals surface area contributed by atoms with Crippen LogP contribution in [0.4, 0.5) is 0 Å². The van der Waals surface area contributed by atoms with E-state index < -0.39 is 10.0 Å². The average Bonchev–Trinajstić information content (AvgIpc) is 3.37. The predicted octanol–water partition coefficient (Wildman–Crippen LogP) is 2.72. The summed E-state index contributed by atoms with van der Waals surface area (Å²) in [6, 6.07) is 19.9. The fourth-order valence-corrected chi connectivity index (χ4v) is 5.31. The Morgan fingerprint density at radius 3 is 2.31 bits per heavy atom. The van der Waals surface area contributed by atoms with Gasteiger partial charge in [0.25, 0.3) is 0 Å². The summed E-state index contributed by atoms with van der Waals surface area (Å²) in [5.41, 5.74) is 8.16. The van der Waals surface area contributed by atoms with E-state index in [4.69, 9.17) is 5.73 Å². The minimum atomic E-state index is -3.60. The first-order valence-electron chi connectivity index (χ1n) is 9.39. The van der Waals surface area contributed by atoms with E-state index in [2.05, 4.69) is 5.10 Å². The Morgan fingerprint density at radius 1 is 1.00 bits per heavy atom. The molecule has 2 heterocycles. The van der Waals surface area contributed by atoms with Crippen molar-refractivity contribution < 1.29 is 8.42 Å². The molecule has 1 aromatic heterocycles. The van der Waals surface area contributed by atoms with Gasteiger partial charge in [0.1, 0.15) is 4.90 Å². The summed E-state index contributed by atoms with van der Waals surface area (Å²) in [4.78, 5) is 0.230. The SMILES string of the molecule is Cl.NC[C@@H]1CN(S(=O)(=O)c2cnn(Cc3ccccc3)c2)C[C@H]1c1ccccc1. The van der Waals surface area contributed by atoms with Gasteiger partial charge in [0.05, 0.1) is 12.7 Å². The Bertz CT molecular complexity index is 1030. The maximum absolute atomic E-state index is 13.2. The van der Waals surface area contributed by atoms with Crippen LogP contribution in [-0.2, 0) is 16.6 Å². The topological polar surface area (TPSA) is 81.2 Å². The summed E-state index contributed by atoms with van der Waals surface area (Å²) in [7, 11) is -3.60. The highest BCUT2D eigenvalue weighted by atomic mass is 35.5. The fraction of sp³-hybridized carbons (Fsp3) is 0.286. The van der Waals surface area contributed by atoms with Crippen molar-refractivity contribution in [3.05, 3.63) is 84.2 Å². The number of hydrogen-bond donors (Lipinski definition) is 1. The van der Waals surface area contributed by atoms with E-state index in [-0.39, 0.29) is 29.1 Å². The van der Waals surface area contributed by atoms with Crippen molar-refractivity contribution in [2.75, 3.05) is 19.6 Å². The molecular formula is C21H25ClN4O2S. The third kappa shape index (κ3) is 4.53. The van der Waals surface area contributed by atoms with Gasteiger partial charge in [-0.05, 0) is 23.6 Å². The van der Waals surface area contributed by atoms with Crippen molar-refractivity contribution in [1.82, 2.24) is 14.1 Å². The van der Waals surface area contributed by atoms with Gasteiger partial charge in [-0.1, -0.05) is 60.7 Å². The minimum absolute atomic E-state index is 0. The van der Waals surface area contributed by atoms with Crippen LogP contribution in [0.2, 0.25) is 0 Å². The van der Waals surface area contributed by atoms with E-state index in [0.717, 1.165) is 11.1 Å². The van der Waals surface area contributed by atoms with Gasteiger partial charge in [-0.3, -0.25) is 4.68 Å². The molecule has 0 saturated carbocycles. The Kier molecular flexibility index (Phi) is 6.74. The highest BCUT2D eigenvalue weighted by Gasteiger charge is 2.39. The van der Waals surface area contributed by atoms with Crippen LogP contribution in [0.25, 0.3) is 0 Å². The van der Waals surface area contributed by atoms with Crippen molar-refractivity contribution in [2.45, 2.75) is 17.4 Å². The number of sulfonamides is 1. The molecule has 0 amide bonds. The number of benzene rings is 2. The molecule has 0 aliphatic carbocycles. The van der Waals surface area contributed by atoms with Crippen LogP contribution < -0.4 is 5.73 Å². The first-order chi connectivity index (χ1) is 13.6. The molecule has 3 aromatic rings. The third-order valence-corrected chi connectivity index (χ3v) is 7.16. The molecule has 0 bridgehead atoms. The first kappa shape index (κ1) is 21.5. The lowest BCUT2D eigenvalue weighted by Crippen LogP contribution is -2.29. The molecule has 2 atom stereocenters. The molecule has 1 aliphatic heterocycles. The highest BCUT2D eigenvalue weighted by molar-refractivity contribution is 7.89. The molecule has 0 radical (unpaired) electrons. The van der Waals surface area contributed by atoms with E-state index in [9.17, 15) is 8.42 Å². The van der Waals surface area contributed by atoms with Crippen LogP contribution in [0, 0.1) is 5.92 Å². The van der Waals surface area contributed by atoms with Crippen LogP contribution in [0.1, 0.15) is 17.0 Å². The number of aromatic nitrogens is 2. The maximum atomic E-state index is 13.2. The molecule has 1 aliphatic rings. The summed E-state index contributed by atoms with van der Waals surface area (Å²) in [5, 5.41) is 4.25. The van der Waals surface area contributed by atoms with Crippen LogP contribution >= 0.6 is 12.4 Å². The largest absolute Gasteiger partial charge is 0.330 e. The molecule has 1 fully saturated rings. The van der Waals surface area contributed by atoms with Crippen LogP contribution in [0.15, 0.2) is 78.0 Å². The summed E-state index contributed by atoms with van der Waals surface area (Å²) < 4.78 is 29.5. The summed E-state index contributed by atoms with van der Waals surface area (Å²) in [6.45, 7) is 1.87. The molecule has 154 valence electrons. The molecule has 2 aromatic carbocycles. The minimum Gasteiger partial charge on any atom is -0.330 e. The standard InChI is InChI=1S/C21H24N4O2S.ClH/c22-11-19-14-25(16-21(19)18-9-5-2-6-10-18)28(26,27)20-12-23-24(15-20)13-17-7-3-1-4-8-17;/h1-10,12,15,19,21H,11,13-14,16,22H2;1H/t19-,21+;/m1./s1. The van der Waals surface area contributed by atoms with Crippen molar-refractivity contribution in [1.29, 1.82) is 0 Å². The second kappa shape index (κ2) is 9.09. The lowest BCUT2D eigenvalue weighted by molar-refractivity contribution is 0.459. The second-order valence-corrected chi connectivity index (χ2v) is 9.13. The van der Waals surface area contributed by atoms with E-state index in [1.54, 1.807) is 15.2 Å². The van der Waals surface area contributed by atoms with Crippen LogP contribution in [0.3, 0.4) is 0 Å². The van der Waals surface area contributed by atoms with Crippen molar-refractivity contribution >= 4 is 22.4 Å². The summed E-state index contributed by atoms with van der Waals surface area (Å²) in [6.07, 6.45) is 3.04. The lowest BCUT2D eigenvalue weighted by atomic mass is 9.89. The summed E-state index contributed by atoms with van der Waals surface area (Å²) >= 11 is 0. The van der Waals surface area contributed by atoms with Gasteiger partial charge in [0.15, 0.2) is 0 Å². The highest BCUT2D eigenvalue weighted by Crippen LogP contribution is 2.35. The van der Waals surface area contributed by atoms with E-state index in [1.165, 1.54) is 6.20 Å². The molecule has 6 nitrogen and oxygen atoms in total. The molecule has 1 saturated heterocycles. The Hall–Kier alpha value is -2.19. The molecule has 0 unspecified atom stereocenters. The zero-order valence-corrected chi connectivity index (χ0v) is 17.6. The zero-order valence-electron chi connectivity index (χ0n) is 16.0. The quantitative estimate of drug-likeness (QED) is 0.649. The molecule has 0 spiro atoms. The molecule has 8 heteroatoms. The van der Waals surface area contributed by atoms with Gasteiger partial charge >= 0.3 is 0 Å². The van der Waals surface area contributed by atoms with E-state index in [0.29, 0.717) is 26.2 Å². The van der Waals surface area contributed by atoms with Gasteiger partial charge in [-0.2, -0.15) is 9.40 Å². The normalized spacial score (nSPS) is 19.8. The smallest absolute Gasteiger partial charge is 0.246 e. The first-order valence-corrected chi connectivity index (χ1v) is 10.8. The monoisotopic (exact) mass is 432 g/mol. The second-order valence-electron chi connectivity index (χ2n) is 7.19. The molecule has 29 heavy (non-hydrogen) atoms. The van der Waals surface area contributed by atoms with Gasteiger partial charge in [0, 0.05) is 25.2 Å². The third-order valence-electron chi connectivity index (χ3n) is 5.37. The van der Waals surface area contributed by atoms with Gasteiger partial charge < -0.3 is 5.73 Å². The fourth-order valence-electron chi connectivity index (χ4n) is 3.83. The van der Waals surface area contributed by atoms with E-state index >= 15 is 0 Å². The number of nitrogens with two attached hydrogens (primary N) is 1. The predicted molar refractivity (Wildman–Crippen MR) is 116 cm³/mol. The molecule has 4 rings (SSSR count). The van der Waals surface area contributed by atoms with Crippen molar-refractivity contribution in [3.8, 4) is 0 Å². The van der Waals surface area contributed by atoms with Gasteiger partial charge in [-0.25, -0.2) is 8.42 Å². The maximum Gasteiger partial charge on any atom is 0.246 e. The van der Waals surface area contributed by atoms with Gasteiger partial charge in [0.2, 0.25) is 10.0 Å². The number of halogens is 1. The van der Waals surface area contributed by atoms with Crippen LogP contribution in [0.5, 0.6) is 0 Å². The van der Waals surface area contributed by atoms with Crippen molar-refractivity contribution in [2.24, 2.45) is 11.7 Å². The Morgan fingerprint density at radius 2 is 1.66 bits per heavy atom. The van der Waals surface area contributed by atoms with Gasteiger partial charge in [-0.15, -0.1) is 12.4 Å². The average molecular weight is 433 g/mol. The molecular weight excluding hydrogens is 408 g/mol. The number of rotatable bonds is 6. The van der Waals surface area contributed by atoms with E-state index in [1.807, 2.05) is 60.7 Å². The zero-order chi connectivity index (χ0) is 19.6. The number of nitrogens with zero attached hydrogens (tertiary/aromatic N) is 3. The Labute approximate surface area is 177 Å². The van der Waals surface area contributed by atoms with Crippen molar-refractivity contribution in [3.63, 3.8) is 0 Å². The summed E-state index contributed by atoms with van der Waals surface area (Å²) in [5.74, 6) is 0.219. The number of hydrogen-bond acceptors (Lipinski definition) is 4.